The molecule has 2 aromatic heterocycles. The predicted octanol–water partition coefficient (Wildman–Crippen LogP) is 3.26. The van der Waals surface area contributed by atoms with Crippen molar-refractivity contribution in [2.45, 2.75) is 50.7 Å². The van der Waals surface area contributed by atoms with E-state index in [4.69, 9.17) is 9.72 Å². The van der Waals surface area contributed by atoms with Crippen molar-refractivity contribution < 1.29 is 13.2 Å². The summed E-state index contributed by atoms with van der Waals surface area (Å²) in [7, 11) is -2.24. The topological polar surface area (TPSA) is 83.3 Å². The van der Waals surface area contributed by atoms with Crippen molar-refractivity contribution in [2.75, 3.05) is 44.7 Å². The fraction of sp³-hybridized carbons (Fsp3) is 0.538. The number of rotatable bonds is 9. The fourth-order valence-electron chi connectivity index (χ4n) is 4.91. The quantitative estimate of drug-likeness (QED) is 0.435. The number of hydrogen-bond donors (Lipinski definition) is 0. The Labute approximate surface area is 213 Å². The van der Waals surface area contributed by atoms with Crippen LogP contribution in [0.4, 0.5) is 5.82 Å². The van der Waals surface area contributed by atoms with E-state index in [0.717, 1.165) is 62.4 Å². The van der Waals surface area contributed by atoms with Gasteiger partial charge in [0.15, 0.2) is 10.8 Å². The molecule has 1 aromatic carbocycles. The largest absolute Gasteiger partial charge is 0.497 e. The van der Waals surface area contributed by atoms with Gasteiger partial charge in [0.1, 0.15) is 11.3 Å². The summed E-state index contributed by atoms with van der Waals surface area (Å²) in [6.45, 7) is 11.3. The Morgan fingerprint density at radius 2 is 1.81 bits per heavy atom. The molecule has 10 heteroatoms. The van der Waals surface area contributed by atoms with Crippen LogP contribution in [0.15, 0.2) is 48.0 Å². The molecule has 1 aliphatic carbocycles. The Kier molecular flexibility index (Phi) is 6.69. The highest BCUT2D eigenvalue weighted by Gasteiger charge is 2.50. The van der Waals surface area contributed by atoms with Crippen molar-refractivity contribution in [2.24, 2.45) is 5.92 Å². The van der Waals surface area contributed by atoms with E-state index in [9.17, 15) is 8.42 Å². The first kappa shape index (κ1) is 25.0. The number of methoxy groups -OCH3 is 1. The maximum absolute atomic E-state index is 14.1. The lowest BCUT2D eigenvalue weighted by Gasteiger charge is -2.36. The van der Waals surface area contributed by atoms with Gasteiger partial charge in [-0.1, -0.05) is 26.0 Å². The maximum atomic E-state index is 14.1. The molecule has 3 aromatic rings. The number of benzene rings is 1. The number of aromatic nitrogens is 3. The van der Waals surface area contributed by atoms with Crippen molar-refractivity contribution in [3.8, 4) is 5.75 Å². The third-order valence-corrected chi connectivity index (χ3v) is 9.15. The van der Waals surface area contributed by atoms with Gasteiger partial charge in [-0.15, -0.1) is 0 Å². The summed E-state index contributed by atoms with van der Waals surface area (Å²) >= 11 is 0. The highest BCUT2D eigenvalue weighted by Crippen LogP contribution is 2.45. The number of ether oxygens (including phenoxy) is 1. The second kappa shape index (κ2) is 9.64. The van der Waals surface area contributed by atoms with Crippen molar-refractivity contribution in [1.29, 1.82) is 0 Å². The van der Waals surface area contributed by atoms with Gasteiger partial charge < -0.3 is 14.0 Å². The summed E-state index contributed by atoms with van der Waals surface area (Å²) < 4.78 is 36.9. The molecular formula is C26H36N6O3S. The van der Waals surface area contributed by atoms with Crippen LogP contribution in [0.2, 0.25) is 0 Å². The van der Waals surface area contributed by atoms with Gasteiger partial charge in [0.2, 0.25) is 0 Å². The van der Waals surface area contributed by atoms with Crippen molar-refractivity contribution in [1.82, 2.24) is 23.6 Å². The molecule has 0 N–H and O–H groups in total. The van der Waals surface area contributed by atoms with Gasteiger partial charge >= 0.3 is 0 Å². The molecule has 0 atom stereocenters. The normalized spacial score (nSPS) is 18.3. The molecule has 5 rings (SSSR count). The van der Waals surface area contributed by atoms with Gasteiger partial charge in [-0.25, -0.2) is 18.4 Å². The third kappa shape index (κ3) is 4.94. The highest BCUT2D eigenvalue weighted by atomic mass is 32.2. The minimum absolute atomic E-state index is 0.0641. The maximum Gasteiger partial charge on any atom is 0.262 e. The smallest absolute Gasteiger partial charge is 0.262 e. The van der Waals surface area contributed by atoms with Crippen LogP contribution in [0.25, 0.3) is 5.52 Å². The zero-order valence-corrected chi connectivity index (χ0v) is 22.4. The van der Waals surface area contributed by atoms with E-state index in [1.54, 1.807) is 34.5 Å². The Balaban J connectivity index is 1.47. The van der Waals surface area contributed by atoms with E-state index >= 15 is 0 Å². The lowest BCUT2D eigenvalue weighted by Crippen LogP contribution is -2.48. The second-order valence-corrected chi connectivity index (χ2v) is 12.4. The summed E-state index contributed by atoms with van der Waals surface area (Å²) in [5, 5.41) is 0.0641. The lowest BCUT2D eigenvalue weighted by atomic mass is 10.2. The van der Waals surface area contributed by atoms with E-state index in [-0.39, 0.29) is 11.6 Å². The van der Waals surface area contributed by atoms with E-state index in [1.165, 1.54) is 0 Å². The molecule has 2 fully saturated rings. The van der Waals surface area contributed by atoms with Crippen molar-refractivity contribution in [3.05, 3.63) is 48.5 Å². The van der Waals surface area contributed by atoms with E-state index in [2.05, 4.69) is 28.6 Å². The molecule has 3 heterocycles. The first-order valence-electron chi connectivity index (χ1n) is 12.7. The molecule has 36 heavy (non-hydrogen) atoms. The van der Waals surface area contributed by atoms with Crippen LogP contribution in [0.5, 0.6) is 5.75 Å². The van der Waals surface area contributed by atoms with Gasteiger partial charge in [0.05, 0.1) is 19.6 Å². The average molecular weight is 513 g/mol. The van der Waals surface area contributed by atoms with Crippen molar-refractivity contribution in [3.63, 3.8) is 0 Å². The number of imidazole rings is 1. The summed E-state index contributed by atoms with van der Waals surface area (Å²) in [6.07, 6.45) is 6.68. The average Bonchev–Trinajstić information content (AvgIpc) is 3.42. The fourth-order valence-corrected chi connectivity index (χ4v) is 6.67. The van der Waals surface area contributed by atoms with Crippen LogP contribution < -0.4 is 9.64 Å². The monoisotopic (exact) mass is 512 g/mol. The molecule has 1 saturated heterocycles. The number of sulfonamides is 1. The van der Waals surface area contributed by atoms with Gasteiger partial charge in [-0.2, -0.15) is 4.31 Å². The van der Waals surface area contributed by atoms with Gasteiger partial charge in [-0.3, -0.25) is 4.90 Å². The standard InChI is InChI=1S/C26H36N6O3S/c1-20(2)16-29-11-13-30(14-12-29)25-23-15-27-19-31(23)18-24(28-25)36(33,34)32(26(3)9-10-26)17-21-5-7-22(35-4)8-6-21/h5-8,15,18-20H,9-14,16-17H2,1-4H3. The Bertz CT molecular complexity index is 1310. The number of nitrogens with zero attached hydrogens (tertiary/aromatic N) is 6. The van der Waals surface area contributed by atoms with Crippen LogP contribution >= 0.6 is 0 Å². The third-order valence-electron chi connectivity index (χ3n) is 7.27. The van der Waals surface area contributed by atoms with E-state index in [1.807, 2.05) is 31.2 Å². The molecule has 0 unspecified atom stereocenters. The number of anilines is 1. The van der Waals surface area contributed by atoms with Gasteiger partial charge in [0, 0.05) is 51.0 Å². The Hall–Kier alpha value is -2.69. The predicted molar refractivity (Wildman–Crippen MR) is 140 cm³/mol. The Morgan fingerprint density at radius 1 is 1.11 bits per heavy atom. The molecule has 1 aliphatic heterocycles. The molecule has 1 saturated carbocycles. The van der Waals surface area contributed by atoms with E-state index < -0.39 is 15.6 Å². The molecule has 0 spiro atoms. The minimum atomic E-state index is -3.86. The number of hydrogen-bond acceptors (Lipinski definition) is 7. The summed E-state index contributed by atoms with van der Waals surface area (Å²) in [6, 6.07) is 7.56. The molecular weight excluding hydrogens is 476 g/mol. The SMILES string of the molecule is COc1ccc(CN(C2(C)CC2)S(=O)(=O)c2cn3cncc3c(N3CCN(CC(C)C)CC3)n2)cc1. The number of fused-ring (bicyclic) bond motifs is 1. The molecule has 9 nitrogen and oxygen atoms in total. The first-order valence-corrected chi connectivity index (χ1v) is 14.1. The molecule has 0 amide bonds. The van der Waals surface area contributed by atoms with Crippen LogP contribution in [0.1, 0.15) is 39.2 Å². The highest BCUT2D eigenvalue weighted by molar-refractivity contribution is 7.89. The summed E-state index contributed by atoms with van der Waals surface area (Å²) in [5.74, 6) is 2.05. The van der Waals surface area contributed by atoms with Gasteiger partial charge in [0.25, 0.3) is 10.0 Å². The second-order valence-electron chi connectivity index (χ2n) is 10.6. The van der Waals surface area contributed by atoms with Gasteiger partial charge in [-0.05, 0) is 43.4 Å². The lowest BCUT2D eigenvalue weighted by molar-refractivity contribution is 0.231. The summed E-state index contributed by atoms with van der Waals surface area (Å²) in [5.41, 5.74) is 1.33. The van der Waals surface area contributed by atoms with Crippen LogP contribution in [-0.4, -0.2) is 77.4 Å². The molecule has 194 valence electrons. The molecule has 0 bridgehead atoms. The van der Waals surface area contributed by atoms with E-state index in [0.29, 0.717) is 11.7 Å². The Morgan fingerprint density at radius 3 is 2.42 bits per heavy atom. The minimum Gasteiger partial charge on any atom is -0.497 e. The van der Waals surface area contributed by atoms with Crippen LogP contribution in [0, 0.1) is 5.92 Å². The number of piperazine rings is 1. The van der Waals surface area contributed by atoms with Crippen LogP contribution in [0.3, 0.4) is 0 Å². The summed E-state index contributed by atoms with van der Waals surface area (Å²) in [4.78, 5) is 13.7. The molecule has 2 aliphatic rings. The molecule has 0 radical (unpaired) electrons. The zero-order valence-electron chi connectivity index (χ0n) is 21.6. The zero-order chi connectivity index (χ0) is 25.5. The first-order chi connectivity index (χ1) is 17.2. The van der Waals surface area contributed by atoms with Crippen molar-refractivity contribution >= 4 is 21.4 Å². The van der Waals surface area contributed by atoms with Crippen LogP contribution in [-0.2, 0) is 16.6 Å².